The number of benzene rings is 1. The summed E-state index contributed by atoms with van der Waals surface area (Å²) in [6.07, 6.45) is 8.77. The third-order valence-electron chi connectivity index (χ3n) is 8.84. The van der Waals surface area contributed by atoms with Crippen molar-refractivity contribution in [2.24, 2.45) is 0 Å². The first kappa shape index (κ1) is 22.4. The van der Waals surface area contributed by atoms with Crippen molar-refractivity contribution in [1.29, 1.82) is 0 Å². The van der Waals surface area contributed by atoms with E-state index in [1.807, 2.05) is 31.2 Å². The van der Waals surface area contributed by atoms with E-state index in [4.69, 9.17) is 9.72 Å². The first-order valence-electron chi connectivity index (χ1n) is 13.4. The van der Waals surface area contributed by atoms with Crippen molar-refractivity contribution >= 4 is 16.7 Å². The molecule has 0 spiro atoms. The Hall–Kier alpha value is -2.84. The molecule has 1 N–H and O–H groups in total. The molecule has 7 rings (SSSR count). The lowest BCUT2D eigenvalue weighted by Gasteiger charge is -2.34. The Morgan fingerprint density at radius 3 is 2.58 bits per heavy atom. The van der Waals surface area contributed by atoms with Gasteiger partial charge in [-0.25, -0.2) is 4.39 Å². The number of pyridine rings is 1. The molecule has 188 valence electrons. The molecule has 3 aromatic rings. The van der Waals surface area contributed by atoms with Crippen LogP contribution in [0.25, 0.3) is 22.2 Å². The molecule has 8 heteroatoms. The average molecular weight is 489 g/mol. The number of aromatic nitrogens is 3. The lowest BCUT2D eigenvalue weighted by molar-refractivity contribution is 0.108. The molecule has 7 nitrogen and oxygen atoms in total. The molecule has 2 atom stereocenters. The van der Waals surface area contributed by atoms with Crippen LogP contribution in [-0.4, -0.2) is 70.3 Å². The van der Waals surface area contributed by atoms with Gasteiger partial charge in [-0.05, 0) is 64.1 Å². The normalized spacial score (nSPS) is 25.0. The summed E-state index contributed by atoms with van der Waals surface area (Å²) in [6.45, 7) is 6.50. The van der Waals surface area contributed by atoms with E-state index < -0.39 is 5.82 Å². The fraction of sp³-hybridized carbons (Fsp3) is 0.536. The zero-order valence-corrected chi connectivity index (χ0v) is 20.8. The van der Waals surface area contributed by atoms with Crippen LogP contribution >= 0.6 is 0 Å². The monoisotopic (exact) mass is 488 g/mol. The van der Waals surface area contributed by atoms with Gasteiger partial charge in [0.25, 0.3) is 0 Å². The SMILES string of the molecule is Cc1ccccc1-c1ncc2c(N3CC4CCC(C3)N4)nc(OCC34CCCN3CCC4)nc2c1F. The third kappa shape index (κ3) is 3.65. The Bertz CT molecular complexity index is 1290. The van der Waals surface area contributed by atoms with Crippen LogP contribution in [0.15, 0.2) is 30.5 Å². The minimum Gasteiger partial charge on any atom is -0.461 e. The van der Waals surface area contributed by atoms with Crippen LogP contribution in [0.1, 0.15) is 44.1 Å². The van der Waals surface area contributed by atoms with Crippen LogP contribution in [0, 0.1) is 12.7 Å². The predicted octanol–water partition coefficient (Wildman–Crippen LogP) is 4.09. The van der Waals surface area contributed by atoms with E-state index in [0.29, 0.717) is 35.3 Å². The maximum absolute atomic E-state index is 16.1. The van der Waals surface area contributed by atoms with Gasteiger partial charge in [0.05, 0.1) is 10.9 Å². The molecule has 0 aliphatic carbocycles. The minimum atomic E-state index is -0.407. The Balaban J connectivity index is 1.31. The van der Waals surface area contributed by atoms with E-state index in [1.54, 1.807) is 6.20 Å². The summed E-state index contributed by atoms with van der Waals surface area (Å²) in [6, 6.07) is 8.91. The Morgan fingerprint density at radius 2 is 1.83 bits per heavy atom. The van der Waals surface area contributed by atoms with Gasteiger partial charge in [0.15, 0.2) is 5.82 Å². The number of nitrogens with zero attached hydrogens (tertiary/aromatic N) is 5. The highest BCUT2D eigenvalue weighted by Gasteiger charge is 2.45. The molecule has 0 amide bonds. The van der Waals surface area contributed by atoms with Crippen molar-refractivity contribution in [3.8, 4) is 17.3 Å². The first-order chi connectivity index (χ1) is 17.6. The summed E-state index contributed by atoms with van der Waals surface area (Å²) in [4.78, 5) is 19.0. The van der Waals surface area contributed by atoms with E-state index in [1.165, 1.54) is 12.8 Å². The van der Waals surface area contributed by atoms with Crippen molar-refractivity contribution in [3.63, 3.8) is 0 Å². The zero-order chi connectivity index (χ0) is 24.3. The highest BCUT2D eigenvalue weighted by Crippen LogP contribution is 2.40. The molecule has 2 bridgehead atoms. The van der Waals surface area contributed by atoms with E-state index >= 15 is 4.39 Å². The van der Waals surface area contributed by atoms with E-state index in [9.17, 15) is 0 Å². The Kier molecular flexibility index (Phi) is 5.36. The van der Waals surface area contributed by atoms with Gasteiger partial charge in [0.1, 0.15) is 23.6 Å². The van der Waals surface area contributed by atoms with Crippen LogP contribution < -0.4 is 15.0 Å². The summed E-state index contributed by atoms with van der Waals surface area (Å²) >= 11 is 0. The van der Waals surface area contributed by atoms with Crippen LogP contribution in [0.4, 0.5) is 10.2 Å². The molecule has 4 aliphatic heterocycles. The lowest BCUT2D eigenvalue weighted by atomic mass is 9.95. The molecule has 0 saturated carbocycles. The maximum atomic E-state index is 16.1. The lowest BCUT2D eigenvalue weighted by Crippen LogP contribution is -2.51. The zero-order valence-electron chi connectivity index (χ0n) is 20.8. The van der Waals surface area contributed by atoms with E-state index in [0.717, 1.165) is 68.8 Å². The van der Waals surface area contributed by atoms with Gasteiger partial charge in [-0.15, -0.1) is 0 Å². The molecule has 2 aromatic heterocycles. The van der Waals surface area contributed by atoms with Crippen LogP contribution in [0.3, 0.4) is 0 Å². The quantitative estimate of drug-likeness (QED) is 0.580. The van der Waals surface area contributed by atoms with Crippen molar-refractivity contribution in [1.82, 2.24) is 25.2 Å². The van der Waals surface area contributed by atoms with Crippen LogP contribution in [-0.2, 0) is 0 Å². The Labute approximate surface area is 211 Å². The first-order valence-corrected chi connectivity index (χ1v) is 13.4. The van der Waals surface area contributed by atoms with Gasteiger partial charge in [-0.1, -0.05) is 24.3 Å². The number of aryl methyl sites for hydroxylation is 1. The highest BCUT2D eigenvalue weighted by atomic mass is 19.1. The van der Waals surface area contributed by atoms with Gasteiger partial charge < -0.3 is 15.0 Å². The number of halogens is 1. The Morgan fingerprint density at radius 1 is 1.08 bits per heavy atom. The largest absolute Gasteiger partial charge is 0.461 e. The number of piperazine rings is 1. The summed E-state index contributed by atoms with van der Waals surface area (Å²) in [5.41, 5.74) is 2.46. The van der Waals surface area contributed by atoms with Crippen molar-refractivity contribution in [2.45, 2.75) is 63.1 Å². The standard InChI is InChI=1S/C28H33FN6O/c1-18-6-2-3-7-21(18)24-23(29)25-22(14-30-24)26(34-15-19-8-9-20(16-34)31-19)33-27(32-25)36-17-28-10-4-12-35(28)13-5-11-28/h2-3,6-7,14,19-20,31H,4-5,8-13,15-17H2,1H3. The number of rotatable bonds is 5. The van der Waals surface area contributed by atoms with Crippen LogP contribution in [0.2, 0.25) is 0 Å². The minimum absolute atomic E-state index is 0.0791. The second-order valence-electron chi connectivity index (χ2n) is 11.1. The van der Waals surface area contributed by atoms with Crippen molar-refractivity contribution in [3.05, 3.63) is 41.8 Å². The summed E-state index contributed by atoms with van der Waals surface area (Å²) in [7, 11) is 0. The van der Waals surface area contributed by atoms with Crippen molar-refractivity contribution < 1.29 is 9.13 Å². The maximum Gasteiger partial charge on any atom is 0.319 e. The molecule has 4 aliphatic rings. The smallest absolute Gasteiger partial charge is 0.319 e. The van der Waals surface area contributed by atoms with Gasteiger partial charge in [0.2, 0.25) is 0 Å². The fourth-order valence-electron chi connectivity index (χ4n) is 6.98. The highest BCUT2D eigenvalue weighted by molar-refractivity contribution is 5.92. The van der Waals surface area contributed by atoms with Gasteiger partial charge in [0, 0.05) is 36.9 Å². The van der Waals surface area contributed by atoms with E-state index in [2.05, 4.69) is 25.1 Å². The molecular formula is C28H33FN6O. The van der Waals surface area contributed by atoms with Gasteiger partial charge >= 0.3 is 6.01 Å². The second kappa shape index (κ2) is 8.63. The number of nitrogens with one attached hydrogen (secondary N) is 1. The average Bonchev–Trinajstić information content (AvgIpc) is 3.57. The molecule has 36 heavy (non-hydrogen) atoms. The summed E-state index contributed by atoms with van der Waals surface area (Å²) < 4.78 is 22.5. The number of ether oxygens (including phenoxy) is 1. The summed E-state index contributed by atoms with van der Waals surface area (Å²) in [5, 5.41) is 4.33. The van der Waals surface area contributed by atoms with E-state index in [-0.39, 0.29) is 11.5 Å². The second-order valence-corrected chi connectivity index (χ2v) is 11.1. The predicted molar refractivity (Wildman–Crippen MR) is 138 cm³/mol. The fourth-order valence-corrected chi connectivity index (χ4v) is 6.98. The van der Waals surface area contributed by atoms with Crippen molar-refractivity contribution in [2.75, 3.05) is 37.7 Å². The molecule has 2 unspecified atom stereocenters. The number of hydrogen-bond donors (Lipinski definition) is 1. The number of fused-ring (bicyclic) bond motifs is 4. The molecule has 4 fully saturated rings. The van der Waals surface area contributed by atoms with Gasteiger partial charge in [-0.3, -0.25) is 9.88 Å². The molecular weight excluding hydrogens is 455 g/mol. The van der Waals surface area contributed by atoms with Gasteiger partial charge in [-0.2, -0.15) is 9.97 Å². The summed E-state index contributed by atoms with van der Waals surface area (Å²) in [5.74, 6) is 0.332. The third-order valence-corrected chi connectivity index (χ3v) is 8.84. The number of anilines is 1. The van der Waals surface area contributed by atoms with Crippen LogP contribution in [0.5, 0.6) is 6.01 Å². The number of hydrogen-bond acceptors (Lipinski definition) is 7. The molecule has 4 saturated heterocycles. The molecule has 0 radical (unpaired) electrons. The topological polar surface area (TPSA) is 66.4 Å². The molecule has 6 heterocycles. The molecule has 1 aromatic carbocycles.